The molecule has 0 spiro atoms. The lowest BCUT2D eigenvalue weighted by Gasteiger charge is -2.46. The summed E-state index contributed by atoms with van der Waals surface area (Å²) in [6.45, 7) is 7.64. The second-order valence-electron chi connectivity index (χ2n) is 9.10. The van der Waals surface area contributed by atoms with E-state index < -0.39 is 0 Å². The molecule has 170 valence electrons. The standard InChI is InChI=1S/C27H31N5O/c1-21(30-15-17-31(18-16-30)25-13-7-6-12-24(25)28)19-32(22-9-3-2-4-10-22)20-29-27(33)23-11-5-8-14-26(23)32/h2-14,21H,15-20,28H2,1H3/p+1. The lowest BCUT2D eigenvalue weighted by atomic mass is 10.0. The van der Waals surface area contributed by atoms with Crippen LogP contribution in [-0.4, -0.2) is 56.2 Å². The number of nitrogens with two attached hydrogens (primary N) is 1. The van der Waals surface area contributed by atoms with Crippen molar-refractivity contribution in [1.82, 2.24) is 14.7 Å². The second-order valence-corrected chi connectivity index (χ2v) is 9.10. The fraction of sp³-hybridized carbons (Fsp3) is 0.296. The Balaban J connectivity index is 1.40. The molecule has 0 bridgehead atoms. The molecule has 2 aliphatic rings. The first-order valence-electron chi connectivity index (χ1n) is 11.7. The number of quaternary nitrogens is 1. The maximum Gasteiger partial charge on any atom is 0.261 e. The topological polar surface area (TPSA) is 61.6 Å². The molecule has 1 amide bonds. The van der Waals surface area contributed by atoms with Crippen LogP contribution >= 0.6 is 0 Å². The number of benzene rings is 3. The van der Waals surface area contributed by atoms with Gasteiger partial charge < -0.3 is 16.0 Å². The summed E-state index contributed by atoms with van der Waals surface area (Å²) in [7, 11) is 0. The Morgan fingerprint density at radius 2 is 1.58 bits per heavy atom. The van der Waals surface area contributed by atoms with Crippen LogP contribution in [0.2, 0.25) is 0 Å². The normalized spacial score (nSPS) is 21.8. The highest BCUT2D eigenvalue weighted by molar-refractivity contribution is 6.01. The van der Waals surface area contributed by atoms with Gasteiger partial charge in [0, 0.05) is 32.2 Å². The summed E-state index contributed by atoms with van der Waals surface area (Å²) >= 11 is 0. The van der Waals surface area contributed by atoms with Crippen molar-refractivity contribution in [3.8, 4) is 0 Å². The minimum Gasteiger partial charge on any atom is -0.397 e. The summed E-state index contributed by atoms with van der Waals surface area (Å²) in [6.07, 6.45) is 0. The van der Waals surface area contributed by atoms with E-state index in [0.29, 0.717) is 17.2 Å². The molecule has 0 saturated carbocycles. The van der Waals surface area contributed by atoms with Crippen LogP contribution in [0.1, 0.15) is 17.3 Å². The van der Waals surface area contributed by atoms with E-state index in [1.807, 2.05) is 36.4 Å². The summed E-state index contributed by atoms with van der Waals surface area (Å²) in [6, 6.07) is 27.1. The molecule has 0 radical (unpaired) electrons. The number of carbonyl (C=O) groups excluding carboxylic acids is 1. The fourth-order valence-electron chi connectivity index (χ4n) is 5.38. The Bertz CT molecular complexity index is 1130. The van der Waals surface area contributed by atoms with Crippen LogP contribution < -0.4 is 20.4 Å². The van der Waals surface area contributed by atoms with Crippen molar-refractivity contribution < 1.29 is 4.79 Å². The maximum absolute atomic E-state index is 12.6. The first kappa shape index (κ1) is 21.5. The molecule has 1 fully saturated rings. The number of carbonyl (C=O) groups is 1. The lowest BCUT2D eigenvalue weighted by molar-refractivity contribution is 0.0900. The van der Waals surface area contributed by atoms with Gasteiger partial charge >= 0.3 is 0 Å². The molecule has 0 aromatic heterocycles. The van der Waals surface area contributed by atoms with Crippen LogP contribution in [0.4, 0.5) is 22.7 Å². The molecular formula is C27H32N5O+. The van der Waals surface area contributed by atoms with Gasteiger partial charge in [-0.3, -0.25) is 9.69 Å². The molecule has 3 N–H and O–H groups in total. The van der Waals surface area contributed by atoms with Crippen LogP contribution in [-0.2, 0) is 0 Å². The maximum atomic E-state index is 12.6. The van der Waals surface area contributed by atoms with Gasteiger partial charge in [-0.05, 0) is 37.3 Å². The number of piperazine rings is 1. The summed E-state index contributed by atoms with van der Waals surface area (Å²) in [4.78, 5) is 17.6. The zero-order valence-corrected chi connectivity index (χ0v) is 19.2. The van der Waals surface area contributed by atoms with E-state index in [0.717, 1.165) is 55.3 Å². The van der Waals surface area contributed by atoms with Gasteiger partial charge in [0.2, 0.25) is 0 Å². The second kappa shape index (κ2) is 8.89. The first-order chi connectivity index (χ1) is 16.1. The SMILES string of the molecule is CC(C[N+]1(c2ccccc2)CNC(=O)c2ccccc21)N1CCN(c2ccccc2N)CC1. The van der Waals surface area contributed by atoms with Crippen LogP contribution in [0.5, 0.6) is 0 Å². The van der Waals surface area contributed by atoms with Crippen molar-refractivity contribution in [2.24, 2.45) is 0 Å². The third-order valence-corrected chi connectivity index (χ3v) is 7.16. The van der Waals surface area contributed by atoms with Crippen molar-refractivity contribution >= 4 is 28.7 Å². The van der Waals surface area contributed by atoms with E-state index in [1.165, 1.54) is 5.69 Å². The number of hydrogen-bond acceptors (Lipinski definition) is 4. The molecule has 3 aromatic rings. The molecule has 1 saturated heterocycles. The van der Waals surface area contributed by atoms with Gasteiger partial charge in [0.05, 0.1) is 17.4 Å². The van der Waals surface area contributed by atoms with Crippen LogP contribution in [0.15, 0.2) is 78.9 Å². The van der Waals surface area contributed by atoms with Crippen molar-refractivity contribution in [2.45, 2.75) is 13.0 Å². The number of nitrogens with zero attached hydrogens (tertiary/aromatic N) is 3. The summed E-state index contributed by atoms with van der Waals surface area (Å²) in [5.41, 5.74) is 11.2. The highest BCUT2D eigenvalue weighted by atomic mass is 16.2. The Kier molecular flexibility index (Phi) is 5.79. The number of anilines is 2. The van der Waals surface area contributed by atoms with Gasteiger partial charge in [0.1, 0.15) is 17.8 Å². The highest BCUT2D eigenvalue weighted by Gasteiger charge is 2.43. The average Bonchev–Trinajstić information content (AvgIpc) is 2.87. The molecule has 5 rings (SSSR count). The third kappa shape index (κ3) is 3.96. The first-order valence-corrected chi connectivity index (χ1v) is 11.7. The van der Waals surface area contributed by atoms with Crippen molar-refractivity contribution in [3.63, 3.8) is 0 Å². The molecular weight excluding hydrogens is 410 g/mol. The minimum atomic E-state index is 0.0111. The molecule has 2 heterocycles. The van der Waals surface area contributed by atoms with Crippen molar-refractivity contribution in [3.05, 3.63) is 84.4 Å². The summed E-state index contributed by atoms with van der Waals surface area (Å²) in [5, 5.41) is 3.16. The molecule has 2 unspecified atom stereocenters. The number of para-hydroxylation sites is 4. The van der Waals surface area contributed by atoms with Gasteiger partial charge in [-0.15, -0.1) is 0 Å². The van der Waals surface area contributed by atoms with Crippen LogP contribution in [0, 0.1) is 0 Å². The van der Waals surface area contributed by atoms with Crippen molar-refractivity contribution in [1.29, 1.82) is 0 Å². The molecule has 6 heteroatoms. The number of fused-ring (bicyclic) bond motifs is 1. The zero-order chi connectivity index (χ0) is 22.8. The molecule has 33 heavy (non-hydrogen) atoms. The van der Waals surface area contributed by atoms with Gasteiger partial charge in [0.15, 0.2) is 12.4 Å². The van der Waals surface area contributed by atoms with E-state index in [9.17, 15) is 4.79 Å². The highest BCUT2D eigenvalue weighted by Crippen LogP contribution is 2.39. The predicted molar refractivity (Wildman–Crippen MR) is 136 cm³/mol. The Labute approximate surface area is 195 Å². The molecule has 6 nitrogen and oxygen atoms in total. The number of rotatable bonds is 5. The lowest BCUT2D eigenvalue weighted by Crippen LogP contribution is -2.62. The Morgan fingerprint density at radius 1 is 0.909 bits per heavy atom. The molecule has 0 aliphatic carbocycles. The van der Waals surface area contributed by atoms with Crippen LogP contribution in [0.25, 0.3) is 0 Å². The molecule has 3 aromatic carbocycles. The monoisotopic (exact) mass is 442 g/mol. The predicted octanol–water partition coefficient (Wildman–Crippen LogP) is 3.82. The number of hydrogen-bond donors (Lipinski definition) is 2. The smallest absolute Gasteiger partial charge is 0.261 e. The third-order valence-electron chi connectivity index (χ3n) is 7.16. The number of amides is 1. The fourth-order valence-corrected chi connectivity index (χ4v) is 5.38. The largest absolute Gasteiger partial charge is 0.397 e. The van der Waals surface area contributed by atoms with E-state index in [1.54, 1.807) is 0 Å². The van der Waals surface area contributed by atoms with E-state index in [2.05, 4.69) is 64.5 Å². The molecule has 2 atom stereocenters. The zero-order valence-electron chi connectivity index (χ0n) is 19.2. The number of nitrogens with one attached hydrogen (secondary N) is 1. The summed E-state index contributed by atoms with van der Waals surface area (Å²) in [5.74, 6) is 0.0111. The Hall–Kier alpha value is -3.35. The van der Waals surface area contributed by atoms with Gasteiger partial charge in [-0.25, -0.2) is 4.48 Å². The number of nitrogen functional groups attached to an aromatic ring is 1. The summed E-state index contributed by atoms with van der Waals surface area (Å²) < 4.78 is 0.621. The van der Waals surface area contributed by atoms with E-state index >= 15 is 0 Å². The van der Waals surface area contributed by atoms with Gasteiger partial charge in [-0.1, -0.05) is 42.5 Å². The van der Waals surface area contributed by atoms with E-state index in [4.69, 9.17) is 5.73 Å². The van der Waals surface area contributed by atoms with E-state index in [-0.39, 0.29) is 5.91 Å². The Morgan fingerprint density at radius 3 is 2.33 bits per heavy atom. The van der Waals surface area contributed by atoms with Gasteiger partial charge in [0.25, 0.3) is 5.91 Å². The minimum absolute atomic E-state index is 0.0111. The quantitative estimate of drug-likeness (QED) is 0.466. The van der Waals surface area contributed by atoms with Crippen molar-refractivity contribution in [2.75, 3.05) is 50.0 Å². The average molecular weight is 443 g/mol. The molecule has 2 aliphatic heterocycles. The van der Waals surface area contributed by atoms with Gasteiger partial charge in [-0.2, -0.15) is 0 Å². The van der Waals surface area contributed by atoms with Crippen LogP contribution in [0.3, 0.4) is 0 Å².